The lowest BCUT2D eigenvalue weighted by Gasteiger charge is -2.13. The Bertz CT molecular complexity index is 866. The van der Waals surface area contributed by atoms with E-state index in [-0.39, 0.29) is 16.9 Å². The monoisotopic (exact) mass is 360 g/mol. The summed E-state index contributed by atoms with van der Waals surface area (Å²) in [6, 6.07) is 8.83. The van der Waals surface area contributed by atoms with Gasteiger partial charge in [0.25, 0.3) is 0 Å². The van der Waals surface area contributed by atoms with Crippen LogP contribution in [0.25, 0.3) is 0 Å². The minimum Gasteiger partial charge on any atom is -0.478 e. The molecule has 0 atom stereocenters. The first-order chi connectivity index (χ1) is 11.1. The zero-order chi connectivity index (χ0) is 18.0. The second-order valence-electron chi connectivity index (χ2n) is 4.64. The molecule has 0 aromatic heterocycles. The van der Waals surface area contributed by atoms with Gasteiger partial charge in [-0.1, -0.05) is 18.2 Å². The summed E-state index contributed by atoms with van der Waals surface area (Å²) in [7, 11) is -4.34. The van der Waals surface area contributed by atoms with Crippen molar-refractivity contribution in [2.45, 2.75) is 6.18 Å². The number of hydrogen-bond donors (Lipinski definition) is 3. The number of para-hydroxylation sites is 1. The zero-order valence-electron chi connectivity index (χ0n) is 11.8. The first-order valence-electron chi connectivity index (χ1n) is 6.38. The number of benzene rings is 2. The lowest BCUT2D eigenvalue weighted by Crippen LogP contribution is -2.23. The van der Waals surface area contributed by atoms with Crippen LogP contribution in [0.2, 0.25) is 0 Å². The predicted molar refractivity (Wildman–Crippen MR) is 81.0 cm³/mol. The molecule has 0 aliphatic rings. The van der Waals surface area contributed by atoms with Crippen molar-refractivity contribution in [3.63, 3.8) is 0 Å². The second kappa shape index (κ2) is 6.40. The first-order valence-corrected chi connectivity index (χ1v) is 7.87. The quantitative estimate of drug-likeness (QED) is 0.763. The van der Waals surface area contributed by atoms with Gasteiger partial charge in [0.05, 0.1) is 22.5 Å². The van der Waals surface area contributed by atoms with Crippen LogP contribution >= 0.6 is 0 Å². The third-order valence-electron chi connectivity index (χ3n) is 2.84. The van der Waals surface area contributed by atoms with Gasteiger partial charge in [-0.25, -0.2) is 4.79 Å². The lowest BCUT2D eigenvalue weighted by atomic mass is 10.2. The number of aromatic carboxylic acids is 1. The molecule has 0 aliphatic heterocycles. The van der Waals surface area contributed by atoms with Crippen LogP contribution in [-0.2, 0) is 16.4 Å². The number of carboxylic acids is 1. The van der Waals surface area contributed by atoms with Crippen molar-refractivity contribution in [2.24, 2.45) is 0 Å². The summed E-state index contributed by atoms with van der Waals surface area (Å²) in [5.74, 6) is -1.35. The third-order valence-corrected chi connectivity index (χ3v) is 3.84. The van der Waals surface area contributed by atoms with Crippen molar-refractivity contribution in [2.75, 3.05) is 9.44 Å². The maximum atomic E-state index is 12.6. The number of carboxylic acid groups (broad SMARTS) is 1. The molecule has 2 aromatic rings. The highest BCUT2D eigenvalue weighted by Gasteiger charge is 2.30. The summed E-state index contributed by atoms with van der Waals surface area (Å²) in [5, 5.41) is 9.00. The zero-order valence-corrected chi connectivity index (χ0v) is 12.6. The highest BCUT2D eigenvalue weighted by atomic mass is 32.2. The van der Waals surface area contributed by atoms with E-state index in [0.717, 1.165) is 18.2 Å². The molecular weight excluding hydrogens is 349 g/mol. The fourth-order valence-corrected chi connectivity index (χ4v) is 2.80. The molecule has 3 N–H and O–H groups in total. The summed E-state index contributed by atoms with van der Waals surface area (Å²) in [4.78, 5) is 11.0. The smallest absolute Gasteiger partial charge is 0.416 e. The standard InChI is InChI=1S/C14H11F3N2O4S/c15-14(16,17)9-4-3-5-10(8-9)18-24(22,23)19-12-7-2-1-6-11(12)13(20)21/h1-8,18-19H,(H,20,21). The molecule has 2 rings (SSSR count). The van der Waals surface area contributed by atoms with E-state index in [1.54, 1.807) is 0 Å². The van der Waals surface area contributed by atoms with Gasteiger partial charge in [-0.05, 0) is 30.3 Å². The predicted octanol–water partition coefficient (Wildman–Crippen LogP) is 3.17. The Morgan fingerprint density at radius 3 is 2.29 bits per heavy atom. The Morgan fingerprint density at radius 1 is 1.00 bits per heavy atom. The second-order valence-corrected chi connectivity index (χ2v) is 6.05. The molecule has 128 valence electrons. The van der Waals surface area contributed by atoms with Gasteiger partial charge in [0, 0.05) is 0 Å². The maximum Gasteiger partial charge on any atom is 0.416 e. The van der Waals surface area contributed by atoms with Crippen LogP contribution in [0.5, 0.6) is 0 Å². The summed E-state index contributed by atoms with van der Waals surface area (Å²) >= 11 is 0. The van der Waals surface area contributed by atoms with Gasteiger partial charge in [-0.15, -0.1) is 0 Å². The van der Waals surface area contributed by atoms with E-state index in [9.17, 15) is 26.4 Å². The van der Waals surface area contributed by atoms with Crippen LogP contribution in [0.15, 0.2) is 48.5 Å². The number of nitrogens with one attached hydrogen (secondary N) is 2. The van der Waals surface area contributed by atoms with Crippen LogP contribution in [0.1, 0.15) is 15.9 Å². The summed E-state index contributed by atoms with van der Waals surface area (Å²) < 4.78 is 65.8. The van der Waals surface area contributed by atoms with Gasteiger partial charge in [0.2, 0.25) is 0 Å². The van der Waals surface area contributed by atoms with Crippen LogP contribution in [0.3, 0.4) is 0 Å². The number of alkyl halides is 3. The van der Waals surface area contributed by atoms with E-state index < -0.39 is 27.9 Å². The van der Waals surface area contributed by atoms with Crippen molar-refractivity contribution in [1.29, 1.82) is 0 Å². The molecular formula is C14H11F3N2O4S. The molecule has 0 heterocycles. The van der Waals surface area contributed by atoms with E-state index in [0.29, 0.717) is 6.07 Å². The molecule has 0 fully saturated rings. The van der Waals surface area contributed by atoms with Gasteiger partial charge in [-0.2, -0.15) is 21.6 Å². The van der Waals surface area contributed by atoms with Gasteiger partial charge in [-0.3, -0.25) is 9.44 Å². The fraction of sp³-hybridized carbons (Fsp3) is 0.0714. The number of carbonyl (C=O) groups is 1. The molecule has 0 radical (unpaired) electrons. The van der Waals surface area contributed by atoms with Crippen LogP contribution in [0, 0.1) is 0 Å². The average Bonchev–Trinajstić information content (AvgIpc) is 2.46. The van der Waals surface area contributed by atoms with Crippen LogP contribution < -0.4 is 9.44 Å². The van der Waals surface area contributed by atoms with Crippen molar-refractivity contribution >= 4 is 27.6 Å². The summed E-state index contributed by atoms with van der Waals surface area (Å²) in [5.41, 5.74) is -1.85. The molecule has 24 heavy (non-hydrogen) atoms. The normalized spacial score (nSPS) is 11.8. The molecule has 0 saturated heterocycles. The molecule has 0 bridgehead atoms. The maximum absolute atomic E-state index is 12.6. The average molecular weight is 360 g/mol. The minimum absolute atomic E-state index is 0.218. The van der Waals surface area contributed by atoms with Crippen molar-refractivity contribution < 1.29 is 31.5 Å². The molecule has 6 nitrogen and oxygen atoms in total. The molecule has 10 heteroatoms. The largest absolute Gasteiger partial charge is 0.478 e. The van der Waals surface area contributed by atoms with Crippen molar-refractivity contribution in [1.82, 2.24) is 0 Å². The first kappa shape index (κ1) is 17.6. The van der Waals surface area contributed by atoms with Crippen molar-refractivity contribution in [3.8, 4) is 0 Å². The lowest BCUT2D eigenvalue weighted by molar-refractivity contribution is -0.137. The topological polar surface area (TPSA) is 95.5 Å². The van der Waals surface area contributed by atoms with Crippen LogP contribution in [-0.4, -0.2) is 19.5 Å². The highest BCUT2D eigenvalue weighted by molar-refractivity contribution is 7.94. The van der Waals surface area contributed by atoms with Gasteiger partial charge < -0.3 is 5.11 Å². The Labute approximate surface area is 135 Å². The summed E-state index contributed by atoms with van der Waals surface area (Å²) in [6.45, 7) is 0. The minimum atomic E-state index is -4.62. The molecule has 0 amide bonds. The van der Waals surface area contributed by atoms with Crippen molar-refractivity contribution in [3.05, 3.63) is 59.7 Å². The van der Waals surface area contributed by atoms with E-state index in [2.05, 4.69) is 0 Å². The molecule has 0 unspecified atom stereocenters. The van der Waals surface area contributed by atoms with Gasteiger partial charge in [0.15, 0.2) is 0 Å². The van der Waals surface area contributed by atoms with Gasteiger partial charge >= 0.3 is 22.4 Å². The van der Waals surface area contributed by atoms with Gasteiger partial charge in [0.1, 0.15) is 0 Å². The SMILES string of the molecule is O=C(O)c1ccccc1NS(=O)(=O)Nc1cccc(C(F)(F)F)c1. The number of hydrogen-bond acceptors (Lipinski definition) is 3. The van der Waals surface area contributed by atoms with E-state index in [1.807, 2.05) is 9.44 Å². The number of rotatable bonds is 5. The van der Waals surface area contributed by atoms with E-state index in [4.69, 9.17) is 5.11 Å². The van der Waals surface area contributed by atoms with E-state index in [1.165, 1.54) is 24.3 Å². The Kier molecular flexibility index (Phi) is 4.69. The van der Waals surface area contributed by atoms with Crippen LogP contribution in [0.4, 0.5) is 24.5 Å². The Morgan fingerprint density at radius 2 is 1.67 bits per heavy atom. The third kappa shape index (κ3) is 4.38. The Hall–Kier alpha value is -2.75. The fourth-order valence-electron chi connectivity index (χ4n) is 1.84. The number of anilines is 2. The molecule has 0 aliphatic carbocycles. The molecule has 0 saturated carbocycles. The highest BCUT2D eigenvalue weighted by Crippen LogP contribution is 2.31. The van der Waals surface area contributed by atoms with E-state index >= 15 is 0 Å². The Balaban J connectivity index is 2.26. The number of halogens is 3. The molecule has 2 aromatic carbocycles. The molecule has 0 spiro atoms. The summed E-state index contributed by atoms with van der Waals surface area (Å²) in [6.07, 6.45) is -4.62.